The van der Waals surface area contributed by atoms with Crippen molar-refractivity contribution in [3.05, 3.63) is 42.0 Å². The minimum absolute atomic E-state index is 0.337. The molecule has 0 radical (unpaired) electrons. The fraction of sp³-hybridized carbons (Fsp3) is 0.385. The van der Waals surface area contributed by atoms with Crippen molar-refractivity contribution < 1.29 is 4.74 Å². The fourth-order valence-electron chi connectivity index (χ4n) is 1.70. The molecule has 1 aromatic rings. The molecule has 1 heteroatoms. The van der Waals surface area contributed by atoms with Crippen LogP contribution in [0.4, 0.5) is 0 Å². The lowest BCUT2D eigenvalue weighted by Crippen LogP contribution is -2.15. The van der Waals surface area contributed by atoms with Crippen molar-refractivity contribution in [2.24, 2.45) is 0 Å². The summed E-state index contributed by atoms with van der Waals surface area (Å²) in [5.41, 5.74) is 1.25. The summed E-state index contributed by atoms with van der Waals surface area (Å²) in [4.78, 5) is 0. The first-order valence-corrected chi connectivity index (χ1v) is 5.30. The summed E-state index contributed by atoms with van der Waals surface area (Å²) in [6.45, 7) is 0.920. The van der Waals surface area contributed by atoms with Crippen molar-refractivity contribution in [1.29, 1.82) is 0 Å². The molecule has 1 unspecified atom stereocenters. The minimum Gasteiger partial charge on any atom is -0.374 e. The molecule has 1 heterocycles. The normalized spacial score (nSPS) is 22.7. The third-order valence-electron chi connectivity index (χ3n) is 2.52. The first-order chi connectivity index (χ1) is 6.95. The first-order valence-electron chi connectivity index (χ1n) is 5.30. The molecule has 0 spiro atoms. The van der Waals surface area contributed by atoms with Crippen molar-refractivity contribution in [1.82, 2.24) is 0 Å². The molecule has 14 heavy (non-hydrogen) atoms. The molecule has 0 amide bonds. The lowest BCUT2D eigenvalue weighted by Gasteiger charge is -2.19. The van der Waals surface area contributed by atoms with Crippen LogP contribution in [0.25, 0.3) is 6.08 Å². The Kier molecular flexibility index (Phi) is 3.36. The molecule has 1 aromatic carbocycles. The molecular weight excluding hydrogens is 172 g/mol. The average molecular weight is 188 g/mol. The number of ether oxygens (including phenoxy) is 1. The maximum absolute atomic E-state index is 5.61. The summed E-state index contributed by atoms with van der Waals surface area (Å²) in [5.74, 6) is 0. The Morgan fingerprint density at radius 1 is 1.14 bits per heavy atom. The van der Waals surface area contributed by atoms with E-state index in [-0.39, 0.29) is 0 Å². The highest BCUT2D eigenvalue weighted by atomic mass is 16.5. The van der Waals surface area contributed by atoms with Gasteiger partial charge in [-0.15, -0.1) is 0 Å². The number of hydrogen-bond donors (Lipinski definition) is 0. The van der Waals surface area contributed by atoms with Gasteiger partial charge in [0.2, 0.25) is 0 Å². The van der Waals surface area contributed by atoms with Crippen LogP contribution in [0.15, 0.2) is 36.4 Å². The Bertz CT molecular complexity index is 283. The molecule has 1 nitrogen and oxygen atoms in total. The zero-order chi connectivity index (χ0) is 9.64. The SMILES string of the molecule is C(=C/C1CCCCO1)/c1ccccc1. The van der Waals surface area contributed by atoms with E-state index in [0.29, 0.717) is 6.10 Å². The maximum Gasteiger partial charge on any atom is 0.0759 e. The summed E-state index contributed by atoms with van der Waals surface area (Å²) in [6.07, 6.45) is 8.34. The van der Waals surface area contributed by atoms with Crippen LogP contribution in [0, 0.1) is 0 Å². The van der Waals surface area contributed by atoms with E-state index in [1.54, 1.807) is 0 Å². The Morgan fingerprint density at radius 2 is 2.00 bits per heavy atom. The summed E-state index contributed by atoms with van der Waals surface area (Å²) >= 11 is 0. The van der Waals surface area contributed by atoms with Gasteiger partial charge in [0.1, 0.15) is 0 Å². The summed E-state index contributed by atoms with van der Waals surface area (Å²) in [7, 11) is 0. The molecular formula is C13H16O. The van der Waals surface area contributed by atoms with E-state index in [9.17, 15) is 0 Å². The Hall–Kier alpha value is -1.08. The van der Waals surface area contributed by atoms with Crippen LogP contribution >= 0.6 is 0 Å². The van der Waals surface area contributed by atoms with Crippen LogP contribution < -0.4 is 0 Å². The zero-order valence-electron chi connectivity index (χ0n) is 8.36. The predicted molar refractivity (Wildman–Crippen MR) is 59.1 cm³/mol. The summed E-state index contributed by atoms with van der Waals surface area (Å²) < 4.78 is 5.61. The molecule has 74 valence electrons. The molecule has 1 aliphatic rings. The van der Waals surface area contributed by atoms with E-state index in [2.05, 4.69) is 36.4 Å². The van der Waals surface area contributed by atoms with Crippen LogP contribution in [0.2, 0.25) is 0 Å². The number of hydrogen-bond acceptors (Lipinski definition) is 1. The molecule has 1 atom stereocenters. The van der Waals surface area contributed by atoms with Crippen molar-refractivity contribution in [2.75, 3.05) is 6.61 Å². The predicted octanol–water partition coefficient (Wildman–Crippen LogP) is 3.27. The van der Waals surface area contributed by atoms with E-state index >= 15 is 0 Å². The number of benzene rings is 1. The minimum atomic E-state index is 0.337. The van der Waals surface area contributed by atoms with Gasteiger partial charge in [-0.1, -0.05) is 42.5 Å². The lowest BCUT2D eigenvalue weighted by atomic mass is 10.1. The van der Waals surface area contributed by atoms with E-state index in [1.807, 2.05) is 6.07 Å². The van der Waals surface area contributed by atoms with Gasteiger partial charge in [-0.05, 0) is 24.8 Å². The van der Waals surface area contributed by atoms with Gasteiger partial charge in [0.25, 0.3) is 0 Å². The third-order valence-corrected chi connectivity index (χ3v) is 2.52. The highest BCUT2D eigenvalue weighted by Crippen LogP contribution is 2.14. The van der Waals surface area contributed by atoms with Gasteiger partial charge in [0.15, 0.2) is 0 Å². The second-order valence-electron chi connectivity index (χ2n) is 3.67. The molecule has 1 aliphatic heterocycles. The molecule has 1 saturated heterocycles. The van der Waals surface area contributed by atoms with Gasteiger partial charge in [-0.3, -0.25) is 0 Å². The van der Waals surface area contributed by atoms with Crippen LogP contribution in [0.1, 0.15) is 24.8 Å². The van der Waals surface area contributed by atoms with Crippen LogP contribution in [0.3, 0.4) is 0 Å². The van der Waals surface area contributed by atoms with Crippen molar-refractivity contribution >= 4 is 6.08 Å². The number of rotatable bonds is 2. The summed E-state index contributed by atoms with van der Waals surface area (Å²) in [6, 6.07) is 10.4. The Balaban J connectivity index is 1.93. The monoisotopic (exact) mass is 188 g/mol. The van der Waals surface area contributed by atoms with E-state index < -0.39 is 0 Å². The zero-order valence-corrected chi connectivity index (χ0v) is 8.36. The van der Waals surface area contributed by atoms with Crippen LogP contribution in [-0.2, 0) is 4.74 Å². The smallest absolute Gasteiger partial charge is 0.0759 e. The second-order valence-corrected chi connectivity index (χ2v) is 3.67. The quantitative estimate of drug-likeness (QED) is 0.692. The van der Waals surface area contributed by atoms with E-state index in [1.165, 1.54) is 24.8 Å². The molecule has 0 bridgehead atoms. The lowest BCUT2D eigenvalue weighted by molar-refractivity contribution is 0.0471. The topological polar surface area (TPSA) is 9.23 Å². The molecule has 0 saturated carbocycles. The third kappa shape index (κ3) is 2.71. The van der Waals surface area contributed by atoms with Gasteiger partial charge >= 0.3 is 0 Å². The highest BCUT2D eigenvalue weighted by Gasteiger charge is 2.09. The van der Waals surface area contributed by atoms with Gasteiger partial charge in [-0.2, -0.15) is 0 Å². The largest absolute Gasteiger partial charge is 0.374 e. The maximum atomic E-state index is 5.61. The first kappa shape index (κ1) is 9.47. The molecule has 2 rings (SSSR count). The molecule has 1 fully saturated rings. The van der Waals surface area contributed by atoms with Gasteiger partial charge in [-0.25, -0.2) is 0 Å². The van der Waals surface area contributed by atoms with Crippen LogP contribution in [0.5, 0.6) is 0 Å². The van der Waals surface area contributed by atoms with Crippen molar-refractivity contribution in [3.63, 3.8) is 0 Å². The Labute approximate surface area is 85.4 Å². The second kappa shape index (κ2) is 4.97. The summed E-state index contributed by atoms with van der Waals surface area (Å²) in [5, 5.41) is 0. The van der Waals surface area contributed by atoms with E-state index in [0.717, 1.165) is 6.61 Å². The highest BCUT2D eigenvalue weighted by molar-refractivity contribution is 5.49. The standard InChI is InChI=1S/C13H16O/c1-2-6-12(7-3-1)9-10-13-8-4-5-11-14-13/h1-3,6-7,9-10,13H,4-5,8,11H2/b10-9-. The molecule has 0 aliphatic carbocycles. The fourth-order valence-corrected chi connectivity index (χ4v) is 1.70. The van der Waals surface area contributed by atoms with Crippen LogP contribution in [-0.4, -0.2) is 12.7 Å². The molecule has 0 N–H and O–H groups in total. The van der Waals surface area contributed by atoms with Gasteiger partial charge in [0, 0.05) is 6.61 Å². The van der Waals surface area contributed by atoms with Crippen molar-refractivity contribution in [2.45, 2.75) is 25.4 Å². The van der Waals surface area contributed by atoms with E-state index in [4.69, 9.17) is 4.74 Å². The average Bonchev–Trinajstić information content (AvgIpc) is 2.29. The molecule has 0 aromatic heterocycles. The van der Waals surface area contributed by atoms with Gasteiger partial charge in [0.05, 0.1) is 6.10 Å². The Morgan fingerprint density at radius 3 is 2.71 bits per heavy atom. The van der Waals surface area contributed by atoms with Crippen molar-refractivity contribution in [3.8, 4) is 0 Å². The van der Waals surface area contributed by atoms with Gasteiger partial charge < -0.3 is 4.74 Å².